The van der Waals surface area contributed by atoms with Gasteiger partial charge in [-0.05, 0) is 63.8 Å². The van der Waals surface area contributed by atoms with Gasteiger partial charge in [-0.3, -0.25) is 14.2 Å². The Bertz CT molecular complexity index is 1510. The number of carbonyl (C=O) groups is 1. The van der Waals surface area contributed by atoms with Gasteiger partial charge in [0.2, 0.25) is 0 Å². The lowest BCUT2D eigenvalue weighted by Gasteiger charge is -2.29. The summed E-state index contributed by atoms with van der Waals surface area (Å²) in [6.45, 7) is 8.85. The van der Waals surface area contributed by atoms with E-state index in [1.807, 2.05) is 45.0 Å². The number of fused-ring (bicyclic) bond motifs is 1. The maximum Gasteiger partial charge on any atom is 0.271 e. The monoisotopic (exact) mass is 538 g/mol. The Hall–Kier alpha value is -3.10. The van der Waals surface area contributed by atoms with Gasteiger partial charge in [-0.15, -0.1) is 0 Å². The molecule has 1 atom stereocenters. The number of furan rings is 1. The quantitative estimate of drug-likeness (QED) is 0.468. The highest BCUT2D eigenvalue weighted by molar-refractivity contribution is 7.07. The molecule has 2 aliphatic rings. The maximum atomic E-state index is 13.8. The van der Waals surface area contributed by atoms with Crippen molar-refractivity contribution in [3.8, 4) is 0 Å². The van der Waals surface area contributed by atoms with Crippen molar-refractivity contribution in [2.24, 2.45) is 4.99 Å². The lowest BCUT2D eigenvalue weighted by molar-refractivity contribution is -0.127. The Morgan fingerprint density at radius 3 is 2.51 bits per heavy atom. The van der Waals surface area contributed by atoms with Crippen LogP contribution in [0.5, 0.6) is 0 Å². The van der Waals surface area contributed by atoms with E-state index >= 15 is 0 Å². The third-order valence-electron chi connectivity index (χ3n) is 7.04. The van der Waals surface area contributed by atoms with Crippen LogP contribution in [0.15, 0.2) is 61.9 Å². The van der Waals surface area contributed by atoms with Gasteiger partial charge in [0.25, 0.3) is 11.5 Å². The van der Waals surface area contributed by atoms with Crippen LogP contribution in [0.2, 0.25) is 5.02 Å². The van der Waals surface area contributed by atoms with E-state index in [0.717, 1.165) is 37.4 Å². The number of carbonyl (C=O) groups excluding carboxylic acids is 1. The normalized spacial score (nSPS) is 18.1. The number of halogens is 1. The van der Waals surface area contributed by atoms with Crippen molar-refractivity contribution in [3.05, 3.63) is 83.7 Å². The van der Waals surface area contributed by atoms with Crippen LogP contribution in [0.25, 0.3) is 6.08 Å². The van der Waals surface area contributed by atoms with E-state index in [1.165, 1.54) is 17.8 Å². The fourth-order valence-corrected chi connectivity index (χ4v) is 6.22. The van der Waals surface area contributed by atoms with Crippen molar-refractivity contribution in [2.45, 2.75) is 46.1 Å². The first-order valence-electron chi connectivity index (χ1n) is 12.8. The number of piperidine rings is 1. The van der Waals surface area contributed by atoms with E-state index in [1.54, 1.807) is 27.7 Å². The van der Waals surface area contributed by atoms with Gasteiger partial charge in [0.1, 0.15) is 5.76 Å². The highest BCUT2D eigenvalue weighted by Gasteiger charge is 2.34. The highest BCUT2D eigenvalue weighted by atomic mass is 35.5. The minimum absolute atomic E-state index is 0.113. The first kappa shape index (κ1) is 25.5. The number of benzene rings is 1. The van der Waals surface area contributed by atoms with Crippen molar-refractivity contribution < 1.29 is 9.21 Å². The predicted octanol–water partition coefficient (Wildman–Crippen LogP) is 4.34. The third kappa shape index (κ3) is 4.92. The summed E-state index contributed by atoms with van der Waals surface area (Å²) in [5.41, 5.74) is 1.74. The van der Waals surface area contributed by atoms with Crippen LogP contribution in [-0.2, 0) is 4.79 Å². The van der Waals surface area contributed by atoms with Crippen LogP contribution in [0.1, 0.15) is 57.4 Å². The summed E-state index contributed by atoms with van der Waals surface area (Å²) >= 11 is 7.48. The van der Waals surface area contributed by atoms with Gasteiger partial charge < -0.3 is 14.2 Å². The summed E-state index contributed by atoms with van der Waals surface area (Å²) in [5.74, 6) is 1.35. The molecule has 0 bridgehead atoms. The van der Waals surface area contributed by atoms with Crippen LogP contribution in [0.3, 0.4) is 0 Å². The van der Waals surface area contributed by atoms with Gasteiger partial charge in [-0.25, -0.2) is 4.99 Å². The van der Waals surface area contributed by atoms with E-state index < -0.39 is 6.04 Å². The fourth-order valence-electron chi connectivity index (χ4n) is 5.07. The zero-order valence-electron chi connectivity index (χ0n) is 21.4. The molecule has 7 nitrogen and oxygen atoms in total. The van der Waals surface area contributed by atoms with E-state index in [0.29, 0.717) is 44.5 Å². The topological polar surface area (TPSA) is 71.1 Å². The van der Waals surface area contributed by atoms with Crippen molar-refractivity contribution in [3.63, 3.8) is 0 Å². The van der Waals surface area contributed by atoms with Gasteiger partial charge in [-0.1, -0.05) is 35.1 Å². The molecule has 1 aromatic carbocycles. The predicted molar refractivity (Wildman–Crippen MR) is 148 cm³/mol. The van der Waals surface area contributed by atoms with Gasteiger partial charge in [0.05, 0.1) is 21.8 Å². The molecule has 5 rings (SSSR count). The molecule has 0 aliphatic carbocycles. The van der Waals surface area contributed by atoms with Gasteiger partial charge >= 0.3 is 0 Å². The molecule has 3 aromatic rings. The molecule has 1 saturated heterocycles. The summed E-state index contributed by atoms with van der Waals surface area (Å²) in [6, 6.07) is 10.6. The standard InChI is InChI=1S/C28H31ClN4O3S/c1-4-31(5-2)27(35)24-18(3)30-28-33(25(24)19-9-11-20(29)12-10-19)26(34)22(37-28)17-21-13-14-23(36-21)32-15-7-6-8-16-32/h9-14,17,25H,4-8,15-16H2,1-3H3/b22-17+/t25-/m1/s1. The minimum atomic E-state index is -0.593. The average molecular weight is 539 g/mol. The van der Waals surface area contributed by atoms with Crippen LogP contribution >= 0.6 is 22.9 Å². The summed E-state index contributed by atoms with van der Waals surface area (Å²) in [6.07, 6.45) is 5.35. The number of thiazole rings is 1. The molecule has 1 fully saturated rings. The molecular weight excluding hydrogens is 508 g/mol. The number of nitrogens with zero attached hydrogens (tertiary/aromatic N) is 4. The second-order valence-corrected chi connectivity index (χ2v) is 10.8. The molecule has 1 amide bonds. The number of hydrogen-bond donors (Lipinski definition) is 0. The van der Waals surface area contributed by atoms with Crippen molar-refractivity contribution in [1.29, 1.82) is 0 Å². The van der Waals surface area contributed by atoms with E-state index in [9.17, 15) is 9.59 Å². The third-order valence-corrected chi connectivity index (χ3v) is 8.28. The number of aromatic nitrogens is 1. The lowest BCUT2D eigenvalue weighted by Crippen LogP contribution is -2.43. The molecule has 194 valence electrons. The van der Waals surface area contributed by atoms with Gasteiger partial charge in [0, 0.05) is 43.3 Å². The minimum Gasteiger partial charge on any atom is -0.441 e. The Kier molecular flexibility index (Phi) is 7.40. The fraction of sp³-hybridized carbons (Fsp3) is 0.393. The number of rotatable bonds is 6. The van der Waals surface area contributed by atoms with Crippen molar-refractivity contribution in [2.75, 3.05) is 31.1 Å². The second-order valence-electron chi connectivity index (χ2n) is 9.33. The molecule has 2 aromatic heterocycles. The summed E-state index contributed by atoms with van der Waals surface area (Å²) in [5, 5.41) is 0.593. The SMILES string of the molecule is CCN(CC)C(=O)C1=C(C)N=c2s/c(=C/c3ccc(N4CCCCC4)o3)c(=O)n2[C@@H]1c1ccc(Cl)cc1. The number of anilines is 1. The molecule has 9 heteroatoms. The molecule has 37 heavy (non-hydrogen) atoms. The molecular formula is C28H31ClN4O3S. The molecule has 0 radical (unpaired) electrons. The van der Waals surface area contributed by atoms with Gasteiger partial charge in [-0.2, -0.15) is 0 Å². The average Bonchev–Trinajstić information content (AvgIpc) is 3.49. The molecule has 0 unspecified atom stereocenters. The first-order chi connectivity index (χ1) is 17.9. The zero-order valence-corrected chi connectivity index (χ0v) is 22.9. The molecule has 0 spiro atoms. The van der Waals surface area contributed by atoms with Crippen LogP contribution in [0, 0.1) is 0 Å². The zero-order chi connectivity index (χ0) is 26.1. The number of amides is 1. The van der Waals surface area contributed by atoms with E-state index in [-0.39, 0.29) is 11.5 Å². The van der Waals surface area contributed by atoms with Crippen LogP contribution in [-0.4, -0.2) is 41.6 Å². The Morgan fingerprint density at radius 2 is 1.84 bits per heavy atom. The van der Waals surface area contributed by atoms with Crippen LogP contribution in [0.4, 0.5) is 5.88 Å². The van der Waals surface area contributed by atoms with Crippen LogP contribution < -0.4 is 19.8 Å². The summed E-state index contributed by atoms with van der Waals surface area (Å²) in [4.78, 5) is 36.7. The Labute approximate surface area is 225 Å². The Balaban J connectivity index is 1.62. The highest BCUT2D eigenvalue weighted by Crippen LogP contribution is 2.32. The number of likely N-dealkylation sites (N-methyl/N-ethyl adjacent to an activating group) is 1. The largest absolute Gasteiger partial charge is 0.441 e. The summed E-state index contributed by atoms with van der Waals surface area (Å²) in [7, 11) is 0. The van der Waals surface area contributed by atoms with E-state index in [4.69, 9.17) is 21.0 Å². The van der Waals surface area contributed by atoms with Gasteiger partial charge in [0.15, 0.2) is 10.7 Å². The molecule has 4 heterocycles. The number of hydrogen-bond acceptors (Lipinski definition) is 6. The smallest absolute Gasteiger partial charge is 0.271 e. The van der Waals surface area contributed by atoms with Crippen molar-refractivity contribution >= 4 is 40.8 Å². The molecule has 0 N–H and O–H groups in total. The number of allylic oxidation sites excluding steroid dienone is 1. The second kappa shape index (κ2) is 10.7. The maximum absolute atomic E-state index is 13.8. The lowest BCUT2D eigenvalue weighted by atomic mass is 9.94. The molecule has 0 saturated carbocycles. The van der Waals surface area contributed by atoms with E-state index in [2.05, 4.69) is 4.90 Å². The first-order valence-corrected chi connectivity index (χ1v) is 14.0. The van der Waals surface area contributed by atoms with Crippen molar-refractivity contribution in [1.82, 2.24) is 9.47 Å². The Morgan fingerprint density at radius 1 is 1.14 bits per heavy atom. The summed E-state index contributed by atoms with van der Waals surface area (Å²) < 4.78 is 8.24. The molecule has 2 aliphatic heterocycles.